The molecule has 6 nitrogen and oxygen atoms in total. The zero-order valence-corrected chi connectivity index (χ0v) is 20.4. The molecule has 7 heteroatoms. The maximum absolute atomic E-state index is 13.9. The number of nitrogens with one attached hydrogen (secondary N) is 1. The van der Waals surface area contributed by atoms with Gasteiger partial charge in [0.25, 0.3) is 0 Å². The van der Waals surface area contributed by atoms with Crippen molar-refractivity contribution in [3.05, 3.63) is 82.9 Å². The van der Waals surface area contributed by atoms with Crippen molar-refractivity contribution in [3.63, 3.8) is 0 Å². The highest BCUT2D eigenvalue weighted by molar-refractivity contribution is 7.89. The van der Waals surface area contributed by atoms with Gasteiger partial charge in [-0.1, -0.05) is 35.9 Å². The third-order valence-corrected chi connectivity index (χ3v) is 9.85. The highest BCUT2D eigenvalue weighted by atomic mass is 32.2. The van der Waals surface area contributed by atoms with Crippen molar-refractivity contribution in [1.29, 1.82) is 0 Å². The van der Waals surface area contributed by atoms with Crippen LogP contribution in [0.5, 0.6) is 11.5 Å². The molecule has 3 aromatic rings. The molecule has 3 unspecified atom stereocenters. The Labute approximate surface area is 200 Å². The van der Waals surface area contributed by atoms with Crippen molar-refractivity contribution in [2.45, 2.75) is 42.2 Å². The maximum atomic E-state index is 13.9. The summed E-state index contributed by atoms with van der Waals surface area (Å²) in [4.78, 5) is 0.351. The number of anilines is 1. The lowest BCUT2D eigenvalue weighted by Gasteiger charge is -2.44. The van der Waals surface area contributed by atoms with Gasteiger partial charge in [0, 0.05) is 23.7 Å². The number of rotatable bonds is 4. The predicted molar refractivity (Wildman–Crippen MR) is 131 cm³/mol. The van der Waals surface area contributed by atoms with E-state index in [1.165, 1.54) is 5.56 Å². The zero-order valence-electron chi connectivity index (χ0n) is 19.5. The number of aryl methyl sites for hydroxylation is 1. The van der Waals surface area contributed by atoms with Gasteiger partial charge < -0.3 is 14.8 Å². The van der Waals surface area contributed by atoms with Crippen LogP contribution >= 0.6 is 0 Å². The number of hydrogen-bond donors (Lipinski definition) is 1. The molecule has 0 amide bonds. The van der Waals surface area contributed by atoms with Crippen molar-refractivity contribution >= 4 is 15.7 Å². The number of hydrogen-bond acceptors (Lipinski definition) is 5. The molecule has 1 spiro atoms. The lowest BCUT2D eigenvalue weighted by Crippen LogP contribution is -2.51. The monoisotopic (exact) mass is 476 g/mol. The van der Waals surface area contributed by atoms with E-state index in [9.17, 15) is 8.42 Å². The number of para-hydroxylation sites is 1. The van der Waals surface area contributed by atoms with Crippen LogP contribution in [-0.2, 0) is 21.9 Å². The first-order chi connectivity index (χ1) is 16.4. The molecule has 2 aliphatic heterocycles. The summed E-state index contributed by atoms with van der Waals surface area (Å²) in [6.45, 7) is 2.45. The normalized spacial score (nSPS) is 25.0. The van der Waals surface area contributed by atoms with Gasteiger partial charge in [-0.05, 0) is 66.8 Å². The minimum absolute atomic E-state index is 0.0447. The molecule has 0 aromatic heterocycles. The molecule has 1 fully saturated rings. The number of ether oxygens (including phenoxy) is 2. The fourth-order valence-electron chi connectivity index (χ4n) is 6.34. The van der Waals surface area contributed by atoms with Gasteiger partial charge in [-0.2, -0.15) is 4.31 Å². The Morgan fingerprint density at radius 1 is 1.00 bits per heavy atom. The Morgan fingerprint density at radius 3 is 2.44 bits per heavy atom. The van der Waals surface area contributed by atoms with Crippen molar-refractivity contribution in [3.8, 4) is 11.5 Å². The predicted octanol–water partition coefficient (Wildman–Crippen LogP) is 4.44. The van der Waals surface area contributed by atoms with Crippen molar-refractivity contribution in [1.82, 2.24) is 4.31 Å². The molecule has 3 aromatic carbocycles. The highest BCUT2D eigenvalue weighted by Crippen LogP contribution is 2.61. The Morgan fingerprint density at radius 2 is 1.71 bits per heavy atom. The van der Waals surface area contributed by atoms with Gasteiger partial charge in [-0.15, -0.1) is 0 Å². The molecular weight excluding hydrogens is 448 g/mol. The molecule has 1 N–H and O–H groups in total. The second-order valence-electron chi connectivity index (χ2n) is 9.47. The van der Waals surface area contributed by atoms with Crippen molar-refractivity contribution in [2.24, 2.45) is 0 Å². The molecule has 3 aliphatic rings. The van der Waals surface area contributed by atoms with Crippen molar-refractivity contribution < 1.29 is 17.9 Å². The largest absolute Gasteiger partial charge is 0.493 e. The second-order valence-corrected chi connectivity index (χ2v) is 11.4. The maximum Gasteiger partial charge on any atom is 0.243 e. The molecule has 0 saturated carbocycles. The summed E-state index contributed by atoms with van der Waals surface area (Å²) in [5, 5.41) is 3.74. The minimum atomic E-state index is -3.65. The highest BCUT2D eigenvalue weighted by Gasteiger charge is 2.62. The van der Waals surface area contributed by atoms with Crippen LogP contribution in [0, 0.1) is 6.92 Å². The molecular formula is C27H28N2O4S. The molecule has 0 bridgehead atoms. The first-order valence-corrected chi connectivity index (χ1v) is 13.0. The number of fused-ring (bicyclic) bond motifs is 3. The Balaban J connectivity index is 1.54. The fraction of sp³-hybridized carbons (Fsp3) is 0.333. The molecule has 0 radical (unpaired) electrons. The summed E-state index contributed by atoms with van der Waals surface area (Å²) in [5.41, 5.74) is 5.22. The molecule has 6 rings (SSSR count). The first kappa shape index (κ1) is 21.5. The Kier molecular flexibility index (Phi) is 4.73. The zero-order chi connectivity index (χ0) is 23.7. The molecule has 34 heavy (non-hydrogen) atoms. The third kappa shape index (κ3) is 2.80. The second kappa shape index (κ2) is 7.48. The lowest BCUT2D eigenvalue weighted by atomic mass is 9.63. The van der Waals surface area contributed by atoms with Crippen LogP contribution in [0.25, 0.3) is 0 Å². The smallest absolute Gasteiger partial charge is 0.243 e. The number of nitrogens with zero attached hydrogens (tertiary/aromatic N) is 1. The molecule has 1 saturated heterocycles. The van der Waals surface area contributed by atoms with E-state index < -0.39 is 10.0 Å². The van der Waals surface area contributed by atoms with E-state index in [1.54, 1.807) is 30.7 Å². The topological polar surface area (TPSA) is 67.9 Å². The van der Waals surface area contributed by atoms with Crippen LogP contribution in [0.3, 0.4) is 0 Å². The molecule has 176 valence electrons. The van der Waals surface area contributed by atoms with E-state index in [-0.39, 0.29) is 17.5 Å². The van der Waals surface area contributed by atoms with Crippen LogP contribution in [0.1, 0.15) is 34.7 Å². The Bertz CT molecular complexity index is 1390. The minimum Gasteiger partial charge on any atom is -0.493 e. The van der Waals surface area contributed by atoms with E-state index in [4.69, 9.17) is 9.47 Å². The summed E-state index contributed by atoms with van der Waals surface area (Å²) in [7, 11) is -0.377. The lowest BCUT2D eigenvalue weighted by molar-refractivity contribution is 0.256. The van der Waals surface area contributed by atoms with Gasteiger partial charge in [0.15, 0.2) is 11.5 Å². The van der Waals surface area contributed by atoms with Crippen LogP contribution in [-0.4, -0.2) is 39.5 Å². The molecule has 2 heterocycles. The number of benzene rings is 3. The van der Waals surface area contributed by atoms with E-state index in [1.807, 2.05) is 31.2 Å². The van der Waals surface area contributed by atoms with Gasteiger partial charge in [-0.25, -0.2) is 8.42 Å². The summed E-state index contributed by atoms with van der Waals surface area (Å²) in [6.07, 6.45) is 1.37. The average Bonchev–Trinajstić information content (AvgIpc) is 3.40. The van der Waals surface area contributed by atoms with Gasteiger partial charge in [-0.3, -0.25) is 0 Å². The first-order valence-electron chi connectivity index (χ1n) is 11.6. The summed E-state index contributed by atoms with van der Waals surface area (Å²) >= 11 is 0. The Hall–Kier alpha value is -3.03. The molecule has 1 aliphatic carbocycles. The summed E-state index contributed by atoms with van der Waals surface area (Å²) in [5.74, 6) is 1.35. The fourth-order valence-corrected chi connectivity index (χ4v) is 8.02. The standard InChI is InChI=1S/C27H28N2O4S/c1-17-8-10-19(11-9-17)34(30,31)29-13-12-27-21-6-4-5-7-22(21)28-26(27)20-16-24(33-3)23(32-2)14-18(20)15-25(27)29/h4-11,14,16,25-26,28H,12-13,15H2,1-3H3. The average molecular weight is 477 g/mol. The SMILES string of the molecule is COc1cc2c(cc1OC)C1Nc3ccccc3C13CCN(S(=O)(=O)c1ccc(C)cc1)C3C2. The van der Waals surface area contributed by atoms with Gasteiger partial charge in [0.05, 0.1) is 25.2 Å². The number of methoxy groups -OCH3 is 2. The number of sulfonamides is 1. The summed E-state index contributed by atoms with van der Waals surface area (Å²) < 4.78 is 40.7. The van der Waals surface area contributed by atoms with Gasteiger partial charge in [0.1, 0.15) is 0 Å². The van der Waals surface area contributed by atoms with Crippen LogP contribution in [0.4, 0.5) is 5.69 Å². The van der Waals surface area contributed by atoms with Gasteiger partial charge >= 0.3 is 0 Å². The van der Waals surface area contributed by atoms with Gasteiger partial charge in [0.2, 0.25) is 10.0 Å². The van der Waals surface area contributed by atoms with E-state index >= 15 is 0 Å². The van der Waals surface area contributed by atoms with Crippen LogP contribution in [0.2, 0.25) is 0 Å². The van der Waals surface area contributed by atoms with E-state index in [0.717, 1.165) is 28.8 Å². The third-order valence-electron chi connectivity index (χ3n) is 7.93. The van der Waals surface area contributed by atoms with Crippen molar-refractivity contribution in [2.75, 3.05) is 26.1 Å². The van der Waals surface area contributed by atoms with E-state index in [2.05, 4.69) is 29.6 Å². The van der Waals surface area contributed by atoms with Crippen LogP contribution < -0.4 is 14.8 Å². The molecule has 3 atom stereocenters. The quantitative estimate of drug-likeness (QED) is 0.603. The van der Waals surface area contributed by atoms with Crippen LogP contribution in [0.15, 0.2) is 65.6 Å². The van der Waals surface area contributed by atoms with E-state index in [0.29, 0.717) is 29.4 Å². The summed E-state index contributed by atoms with van der Waals surface area (Å²) in [6, 6.07) is 19.3.